The second kappa shape index (κ2) is 3.65. The highest BCUT2D eigenvalue weighted by Crippen LogP contribution is 2.40. The van der Waals surface area contributed by atoms with Gasteiger partial charge in [0.2, 0.25) is 0 Å². The van der Waals surface area contributed by atoms with Crippen LogP contribution in [0, 0.1) is 0 Å². The van der Waals surface area contributed by atoms with E-state index in [0.717, 1.165) is 20.1 Å². The molecule has 1 aromatic carbocycles. The zero-order valence-corrected chi connectivity index (χ0v) is 11.2. The summed E-state index contributed by atoms with van der Waals surface area (Å²) in [6.07, 6.45) is 0. The van der Waals surface area contributed by atoms with Crippen molar-refractivity contribution < 1.29 is 0 Å². The maximum absolute atomic E-state index is 6.14. The summed E-state index contributed by atoms with van der Waals surface area (Å²) >= 11 is 14.0. The highest BCUT2D eigenvalue weighted by atomic mass is 35.5. The molecule has 0 aliphatic carbocycles. The molecular formula is C12H12Cl2S. The molecule has 0 saturated carbocycles. The molecule has 1 aromatic heterocycles. The minimum absolute atomic E-state index is 0.149. The summed E-state index contributed by atoms with van der Waals surface area (Å²) in [5, 5.41) is 2.63. The third kappa shape index (κ3) is 2.01. The Morgan fingerprint density at radius 3 is 2.20 bits per heavy atom. The predicted octanol–water partition coefficient (Wildman–Crippen LogP) is 5.51. The molecule has 2 rings (SSSR count). The molecule has 0 bridgehead atoms. The van der Waals surface area contributed by atoms with Crippen LogP contribution in [0.15, 0.2) is 18.2 Å². The maximum Gasteiger partial charge on any atom is 0.0585 e. The Morgan fingerprint density at radius 1 is 1.07 bits per heavy atom. The topological polar surface area (TPSA) is 0 Å². The first-order valence-corrected chi connectivity index (χ1v) is 6.35. The lowest BCUT2D eigenvalue weighted by molar-refractivity contribution is 0.604. The summed E-state index contributed by atoms with van der Waals surface area (Å²) in [6.45, 7) is 6.58. The molecule has 15 heavy (non-hydrogen) atoms. The molecule has 0 fully saturated rings. The molecule has 0 aliphatic heterocycles. The molecule has 0 saturated heterocycles. The molecule has 0 nitrogen and oxygen atoms in total. The molecule has 1 heterocycles. The maximum atomic E-state index is 6.14. The van der Waals surface area contributed by atoms with Gasteiger partial charge in [-0.15, -0.1) is 11.3 Å². The Kier molecular flexibility index (Phi) is 2.74. The van der Waals surface area contributed by atoms with Gasteiger partial charge in [-0.3, -0.25) is 0 Å². The van der Waals surface area contributed by atoms with Crippen molar-refractivity contribution in [2.45, 2.75) is 26.2 Å². The fourth-order valence-corrected chi connectivity index (χ4v) is 3.12. The van der Waals surface area contributed by atoms with Crippen LogP contribution in [0.25, 0.3) is 10.1 Å². The normalized spacial score (nSPS) is 12.3. The molecule has 2 aromatic rings. The van der Waals surface area contributed by atoms with Gasteiger partial charge in [0, 0.05) is 15.3 Å². The second-order valence-electron chi connectivity index (χ2n) is 4.63. The van der Waals surface area contributed by atoms with Gasteiger partial charge in [-0.05, 0) is 23.6 Å². The smallest absolute Gasteiger partial charge is 0.0585 e. The van der Waals surface area contributed by atoms with E-state index in [-0.39, 0.29) is 5.41 Å². The van der Waals surface area contributed by atoms with Gasteiger partial charge < -0.3 is 0 Å². The summed E-state index contributed by atoms with van der Waals surface area (Å²) in [5.74, 6) is 0. The molecule has 0 unspecified atom stereocenters. The number of hydrogen-bond acceptors (Lipinski definition) is 1. The number of halogens is 2. The van der Waals surface area contributed by atoms with E-state index < -0.39 is 0 Å². The van der Waals surface area contributed by atoms with E-state index in [1.54, 1.807) is 11.3 Å². The van der Waals surface area contributed by atoms with Gasteiger partial charge in [-0.1, -0.05) is 44.0 Å². The van der Waals surface area contributed by atoms with Gasteiger partial charge in [0.15, 0.2) is 0 Å². The third-order valence-electron chi connectivity index (χ3n) is 2.32. The van der Waals surface area contributed by atoms with E-state index in [1.807, 2.05) is 12.1 Å². The van der Waals surface area contributed by atoms with Gasteiger partial charge in [0.1, 0.15) is 0 Å². The fourth-order valence-electron chi connectivity index (χ4n) is 1.43. The first-order valence-electron chi connectivity index (χ1n) is 4.77. The number of fused-ring (bicyclic) bond motifs is 1. The van der Waals surface area contributed by atoms with E-state index in [4.69, 9.17) is 23.2 Å². The van der Waals surface area contributed by atoms with Crippen molar-refractivity contribution >= 4 is 44.6 Å². The monoisotopic (exact) mass is 258 g/mol. The second-order valence-corrected chi connectivity index (χ2v) is 6.50. The average molecular weight is 259 g/mol. The molecule has 80 valence electrons. The Bertz CT molecular complexity index is 467. The predicted molar refractivity (Wildman–Crippen MR) is 70.5 cm³/mol. The molecule has 0 radical (unpaired) electrons. The quantitative estimate of drug-likeness (QED) is 0.585. The number of rotatable bonds is 0. The van der Waals surface area contributed by atoms with Crippen LogP contribution in [-0.4, -0.2) is 0 Å². The van der Waals surface area contributed by atoms with Crippen molar-refractivity contribution in [2.75, 3.05) is 0 Å². The van der Waals surface area contributed by atoms with E-state index in [1.165, 1.54) is 4.88 Å². The number of benzene rings is 1. The largest absolute Gasteiger partial charge is 0.138 e. The van der Waals surface area contributed by atoms with Gasteiger partial charge in [-0.2, -0.15) is 0 Å². The van der Waals surface area contributed by atoms with Crippen molar-refractivity contribution in [1.29, 1.82) is 0 Å². The van der Waals surface area contributed by atoms with Crippen LogP contribution in [-0.2, 0) is 5.41 Å². The van der Waals surface area contributed by atoms with Gasteiger partial charge in [0.25, 0.3) is 0 Å². The van der Waals surface area contributed by atoms with Crippen molar-refractivity contribution in [3.63, 3.8) is 0 Å². The van der Waals surface area contributed by atoms with Gasteiger partial charge in [0.05, 0.1) is 9.72 Å². The van der Waals surface area contributed by atoms with Crippen LogP contribution in [0.5, 0.6) is 0 Å². The van der Waals surface area contributed by atoms with E-state index in [9.17, 15) is 0 Å². The first kappa shape index (κ1) is 11.3. The molecule has 0 spiro atoms. The zero-order valence-electron chi connectivity index (χ0n) is 8.90. The highest BCUT2D eigenvalue weighted by molar-refractivity contribution is 7.20. The van der Waals surface area contributed by atoms with Crippen LogP contribution in [0.4, 0.5) is 0 Å². The van der Waals surface area contributed by atoms with Crippen LogP contribution in [0.3, 0.4) is 0 Å². The first-order chi connectivity index (χ1) is 6.89. The fraction of sp³-hybridized carbons (Fsp3) is 0.333. The molecule has 0 atom stereocenters. The molecule has 0 amide bonds. The third-order valence-corrected chi connectivity index (χ3v) is 4.67. The highest BCUT2D eigenvalue weighted by Gasteiger charge is 2.18. The number of hydrogen-bond donors (Lipinski definition) is 0. The van der Waals surface area contributed by atoms with E-state index >= 15 is 0 Å². The Labute approximate surface area is 104 Å². The van der Waals surface area contributed by atoms with Gasteiger partial charge >= 0.3 is 0 Å². The van der Waals surface area contributed by atoms with Gasteiger partial charge in [-0.25, -0.2) is 0 Å². The van der Waals surface area contributed by atoms with E-state index in [2.05, 4.69) is 26.8 Å². The molecular weight excluding hydrogens is 247 g/mol. The Morgan fingerprint density at radius 2 is 1.67 bits per heavy atom. The minimum Gasteiger partial charge on any atom is -0.138 e. The summed E-state index contributed by atoms with van der Waals surface area (Å²) in [6, 6.07) is 5.86. The van der Waals surface area contributed by atoms with E-state index in [0.29, 0.717) is 0 Å². The lowest BCUT2D eigenvalue weighted by atomic mass is 9.94. The summed E-state index contributed by atoms with van der Waals surface area (Å²) in [4.78, 5) is 1.31. The van der Waals surface area contributed by atoms with Crippen molar-refractivity contribution in [3.05, 3.63) is 33.1 Å². The van der Waals surface area contributed by atoms with Crippen LogP contribution in [0.1, 0.15) is 25.6 Å². The summed E-state index contributed by atoms with van der Waals surface area (Å²) < 4.78 is 1.09. The Balaban J connectivity index is 2.76. The molecule has 0 aliphatic rings. The summed E-state index contributed by atoms with van der Waals surface area (Å²) in [5.41, 5.74) is 0.149. The zero-order chi connectivity index (χ0) is 11.2. The van der Waals surface area contributed by atoms with Crippen molar-refractivity contribution in [3.8, 4) is 0 Å². The standard InChI is InChI=1S/C12H12Cl2S/c1-12(2,3)10-6-7-8(13)4-5-9(14)11(7)15-10/h4-6H,1-3H3. The van der Waals surface area contributed by atoms with Crippen LogP contribution in [0.2, 0.25) is 10.0 Å². The van der Waals surface area contributed by atoms with Crippen molar-refractivity contribution in [2.24, 2.45) is 0 Å². The average Bonchev–Trinajstić information content (AvgIpc) is 2.56. The minimum atomic E-state index is 0.149. The summed E-state index contributed by atoms with van der Waals surface area (Å²) in [7, 11) is 0. The molecule has 3 heteroatoms. The van der Waals surface area contributed by atoms with Crippen molar-refractivity contribution in [1.82, 2.24) is 0 Å². The SMILES string of the molecule is CC(C)(C)c1cc2c(Cl)ccc(Cl)c2s1. The lowest BCUT2D eigenvalue weighted by Gasteiger charge is -2.14. The number of thiophene rings is 1. The van der Waals surface area contributed by atoms with Crippen LogP contribution >= 0.6 is 34.5 Å². The lowest BCUT2D eigenvalue weighted by Crippen LogP contribution is -2.07. The Hall–Kier alpha value is -0.240. The van der Waals surface area contributed by atoms with Crippen LogP contribution < -0.4 is 0 Å². The molecule has 0 N–H and O–H groups in total.